The van der Waals surface area contributed by atoms with E-state index in [0.717, 1.165) is 0 Å². The first-order valence-corrected chi connectivity index (χ1v) is 5.68. The Labute approximate surface area is 96.3 Å². The molecule has 0 heteroatoms. The fraction of sp³-hybridized carbons (Fsp3) is 0.125. The molecule has 1 aliphatic rings. The Morgan fingerprint density at radius 2 is 1.81 bits per heavy atom. The molecule has 0 fully saturated rings. The summed E-state index contributed by atoms with van der Waals surface area (Å²) in [6.45, 7) is 2.15. The summed E-state index contributed by atoms with van der Waals surface area (Å²) >= 11 is 0. The summed E-state index contributed by atoms with van der Waals surface area (Å²) in [5, 5.41) is 0. The van der Waals surface area contributed by atoms with E-state index in [2.05, 4.69) is 67.6 Å². The molecule has 0 saturated carbocycles. The van der Waals surface area contributed by atoms with E-state index < -0.39 is 0 Å². The van der Waals surface area contributed by atoms with Crippen LogP contribution in [0.15, 0.2) is 54.6 Å². The predicted octanol–water partition coefficient (Wildman–Crippen LogP) is 4.15. The van der Waals surface area contributed by atoms with E-state index in [4.69, 9.17) is 0 Å². The van der Waals surface area contributed by atoms with Crippen molar-refractivity contribution in [2.24, 2.45) is 0 Å². The second-order valence-electron chi connectivity index (χ2n) is 4.38. The van der Waals surface area contributed by atoms with Crippen LogP contribution < -0.4 is 0 Å². The topological polar surface area (TPSA) is 0 Å². The first-order chi connectivity index (χ1) is 7.84. The molecule has 1 aliphatic carbocycles. The van der Waals surface area contributed by atoms with E-state index in [0.29, 0.717) is 5.92 Å². The molecule has 2 aromatic rings. The third-order valence-electron chi connectivity index (χ3n) is 3.20. The number of hydrogen-bond donors (Lipinski definition) is 0. The molecule has 2 aromatic carbocycles. The number of hydrogen-bond acceptors (Lipinski definition) is 0. The van der Waals surface area contributed by atoms with Crippen LogP contribution in [-0.4, -0.2) is 0 Å². The predicted molar refractivity (Wildman–Crippen MR) is 68.5 cm³/mol. The number of benzene rings is 2. The Morgan fingerprint density at radius 1 is 0.938 bits per heavy atom. The summed E-state index contributed by atoms with van der Waals surface area (Å²) in [4.78, 5) is 0. The Morgan fingerprint density at radius 3 is 2.69 bits per heavy atom. The normalized spacial score (nSPS) is 17.4. The summed E-state index contributed by atoms with van der Waals surface area (Å²) in [5.74, 6) is 0.441. The Bertz CT molecular complexity index is 549. The summed E-state index contributed by atoms with van der Waals surface area (Å²) in [6, 6.07) is 17.4. The van der Waals surface area contributed by atoms with Crippen LogP contribution in [0.4, 0.5) is 0 Å². The zero-order valence-electron chi connectivity index (χ0n) is 9.35. The lowest BCUT2D eigenvalue weighted by atomic mass is 9.92. The van der Waals surface area contributed by atoms with E-state index in [1.54, 1.807) is 0 Å². The highest BCUT2D eigenvalue weighted by Crippen LogP contribution is 2.35. The zero-order valence-corrected chi connectivity index (χ0v) is 9.35. The Kier molecular flexibility index (Phi) is 2.14. The van der Waals surface area contributed by atoms with Crippen molar-refractivity contribution in [2.45, 2.75) is 12.8 Å². The Balaban J connectivity index is 2.08. The molecule has 0 heterocycles. The van der Waals surface area contributed by atoms with Gasteiger partial charge in [0.25, 0.3) is 0 Å². The molecule has 78 valence electrons. The molecular formula is C16H14. The van der Waals surface area contributed by atoms with Gasteiger partial charge in [0.05, 0.1) is 0 Å². The van der Waals surface area contributed by atoms with E-state index in [1.807, 2.05) is 0 Å². The van der Waals surface area contributed by atoms with Gasteiger partial charge in [-0.05, 0) is 23.6 Å². The SMILES string of the molecule is Cc1cccc(C2C=Cc3ccccc32)c1. The molecule has 0 spiro atoms. The number of fused-ring (bicyclic) bond motifs is 1. The molecule has 3 rings (SSSR count). The fourth-order valence-corrected chi connectivity index (χ4v) is 2.40. The van der Waals surface area contributed by atoms with Crippen molar-refractivity contribution < 1.29 is 0 Å². The minimum Gasteiger partial charge on any atom is -0.0720 e. The van der Waals surface area contributed by atoms with Gasteiger partial charge < -0.3 is 0 Å². The van der Waals surface area contributed by atoms with Crippen LogP contribution >= 0.6 is 0 Å². The van der Waals surface area contributed by atoms with Crippen molar-refractivity contribution in [2.75, 3.05) is 0 Å². The van der Waals surface area contributed by atoms with Crippen molar-refractivity contribution in [1.29, 1.82) is 0 Å². The van der Waals surface area contributed by atoms with Gasteiger partial charge in [-0.25, -0.2) is 0 Å². The van der Waals surface area contributed by atoms with E-state index in [1.165, 1.54) is 22.3 Å². The van der Waals surface area contributed by atoms with Crippen LogP contribution in [0.3, 0.4) is 0 Å². The highest BCUT2D eigenvalue weighted by Gasteiger charge is 2.17. The maximum absolute atomic E-state index is 2.29. The highest BCUT2D eigenvalue weighted by molar-refractivity contribution is 5.65. The third kappa shape index (κ3) is 1.47. The molecule has 16 heavy (non-hydrogen) atoms. The molecule has 0 amide bonds. The lowest BCUT2D eigenvalue weighted by Crippen LogP contribution is -1.95. The number of rotatable bonds is 1. The maximum atomic E-state index is 2.29. The number of allylic oxidation sites excluding steroid dienone is 1. The van der Waals surface area contributed by atoms with Crippen LogP contribution in [0.2, 0.25) is 0 Å². The molecular weight excluding hydrogens is 192 g/mol. The van der Waals surface area contributed by atoms with E-state index in [9.17, 15) is 0 Å². The smallest absolute Gasteiger partial charge is 0.0278 e. The van der Waals surface area contributed by atoms with Crippen molar-refractivity contribution in [1.82, 2.24) is 0 Å². The monoisotopic (exact) mass is 206 g/mol. The van der Waals surface area contributed by atoms with Gasteiger partial charge in [-0.15, -0.1) is 0 Å². The second kappa shape index (κ2) is 3.64. The number of aryl methyl sites for hydroxylation is 1. The first-order valence-electron chi connectivity index (χ1n) is 5.68. The van der Waals surface area contributed by atoms with Crippen LogP contribution in [0.5, 0.6) is 0 Å². The van der Waals surface area contributed by atoms with Crippen molar-refractivity contribution >= 4 is 6.08 Å². The molecule has 0 aliphatic heterocycles. The van der Waals surface area contributed by atoms with Gasteiger partial charge in [-0.3, -0.25) is 0 Å². The first kappa shape index (κ1) is 9.41. The fourth-order valence-electron chi connectivity index (χ4n) is 2.40. The Hall–Kier alpha value is -1.82. The van der Waals surface area contributed by atoms with Gasteiger partial charge in [0, 0.05) is 5.92 Å². The van der Waals surface area contributed by atoms with Crippen LogP contribution in [0.1, 0.15) is 28.2 Å². The quantitative estimate of drug-likeness (QED) is 0.657. The molecule has 0 saturated heterocycles. The molecule has 1 unspecified atom stereocenters. The molecule has 0 N–H and O–H groups in total. The molecule has 0 aromatic heterocycles. The second-order valence-corrected chi connectivity index (χ2v) is 4.38. The van der Waals surface area contributed by atoms with E-state index >= 15 is 0 Å². The molecule has 1 atom stereocenters. The zero-order chi connectivity index (χ0) is 11.0. The van der Waals surface area contributed by atoms with E-state index in [-0.39, 0.29) is 0 Å². The molecule has 0 bridgehead atoms. The average molecular weight is 206 g/mol. The summed E-state index contributed by atoms with van der Waals surface area (Å²) in [7, 11) is 0. The average Bonchev–Trinajstić information content (AvgIpc) is 2.72. The van der Waals surface area contributed by atoms with Gasteiger partial charge in [0.15, 0.2) is 0 Å². The van der Waals surface area contributed by atoms with Crippen molar-refractivity contribution in [3.8, 4) is 0 Å². The maximum Gasteiger partial charge on any atom is 0.0278 e. The lowest BCUT2D eigenvalue weighted by molar-refractivity contribution is 1.04. The molecule has 0 nitrogen and oxygen atoms in total. The summed E-state index contributed by atoms with van der Waals surface area (Å²) in [5.41, 5.74) is 5.50. The van der Waals surface area contributed by atoms with Crippen LogP contribution in [0, 0.1) is 6.92 Å². The van der Waals surface area contributed by atoms with Gasteiger partial charge in [0.2, 0.25) is 0 Å². The van der Waals surface area contributed by atoms with Gasteiger partial charge in [0.1, 0.15) is 0 Å². The minimum absolute atomic E-state index is 0.441. The standard InChI is InChI=1S/C16H14/c1-12-5-4-7-14(11-12)16-10-9-13-6-2-3-8-15(13)16/h2-11,16H,1H3. The van der Waals surface area contributed by atoms with Gasteiger partial charge in [-0.2, -0.15) is 0 Å². The van der Waals surface area contributed by atoms with Crippen LogP contribution in [-0.2, 0) is 0 Å². The lowest BCUT2D eigenvalue weighted by Gasteiger charge is -2.11. The summed E-state index contributed by atoms with van der Waals surface area (Å²) < 4.78 is 0. The van der Waals surface area contributed by atoms with Crippen molar-refractivity contribution in [3.05, 3.63) is 76.9 Å². The van der Waals surface area contributed by atoms with Gasteiger partial charge >= 0.3 is 0 Å². The third-order valence-corrected chi connectivity index (χ3v) is 3.20. The largest absolute Gasteiger partial charge is 0.0720 e. The highest BCUT2D eigenvalue weighted by atomic mass is 14.2. The molecule has 0 radical (unpaired) electrons. The van der Waals surface area contributed by atoms with Gasteiger partial charge in [-0.1, -0.05) is 66.2 Å². The van der Waals surface area contributed by atoms with Crippen LogP contribution in [0.25, 0.3) is 6.08 Å². The minimum atomic E-state index is 0.441. The van der Waals surface area contributed by atoms with Crippen molar-refractivity contribution in [3.63, 3.8) is 0 Å². The summed E-state index contributed by atoms with van der Waals surface area (Å²) in [6.07, 6.45) is 4.52.